The molecule has 15 heavy (non-hydrogen) atoms. The van der Waals surface area contributed by atoms with Gasteiger partial charge >= 0.3 is 0 Å². The quantitative estimate of drug-likeness (QED) is 0.815. The van der Waals surface area contributed by atoms with Crippen LogP contribution in [0.4, 0.5) is 5.69 Å². The molecule has 0 spiro atoms. The summed E-state index contributed by atoms with van der Waals surface area (Å²) < 4.78 is 22.2. The summed E-state index contributed by atoms with van der Waals surface area (Å²) in [5.74, 6) is -0.550. The van der Waals surface area contributed by atoms with E-state index in [-0.39, 0.29) is 0 Å². The number of anilines is 1. The molecule has 1 heterocycles. The zero-order valence-electron chi connectivity index (χ0n) is 8.47. The monoisotopic (exact) mass is 228 g/mol. The highest BCUT2D eigenvalue weighted by molar-refractivity contribution is 7.92. The number of carbonyl (C=O) groups is 1. The third kappa shape index (κ3) is 3.32. The number of pyridine rings is 1. The topological polar surface area (TPSA) is 76.1 Å². The Morgan fingerprint density at radius 2 is 2.20 bits per heavy atom. The SMILES string of the molecule is CC(C(=O)Nc1cccnc1)S(C)(=O)=O. The van der Waals surface area contributed by atoms with Gasteiger partial charge in [0.25, 0.3) is 0 Å². The van der Waals surface area contributed by atoms with E-state index >= 15 is 0 Å². The van der Waals surface area contributed by atoms with Gasteiger partial charge < -0.3 is 5.32 Å². The molecule has 1 atom stereocenters. The van der Waals surface area contributed by atoms with Crippen molar-refractivity contribution in [1.82, 2.24) is 4.98 Å². The lowest BCUT2D eigenvalue weighted by Crippen LogP contribution is -2.31. The summed E-state index contributed by atoms with van der Waals surface area (Å²) in [6, 6.07) is 3.29. The van der Waals surface area contributed by atoms with Crippen LogP contribution in [0.3, 0.4) is 0 Å². The van der Waals surface area contributed by atoms with Gasteiger partial charge in [-0.15, -0.1) is 0 Å². The summed E-state index contributed by atoms with van der Waals surface area (Å²) in [4.78, 5) is 15.2. The highest BCUT2D eigenvalue weighted by atomic mass is 32.2. The number of nitrogens with zero attached hydrogens (tertiary/aromatic N) is 1. The van der Waals surface area contributed by atoms with Gasteiger partial charge in [0.1, 0.15) is 5.25 Å². The predicted molar refractivity (Wildman–Crippen MR) is 57.2 cm³/mol. The van der Waals surface area contributed by atoms with Gasteiger partial charge in [-0.1, -0.05) is 0 Å². The van der Waals surface area contributed by atoms with Gasteiger partial charge in [-0.05, 0) is 19.1 Å². The molecule has 0 aliphatic rings. The molecule has 0 radical (unpaired) electrons. The first kappa shape index (κ1) is 11.6. The van der Waals surface area contributed by atoms with E-state index in [2.05, 4.69) is 10.3 Å². The molecule has 0 bridgehead atoms. The van der Waals surface area contributed by atoms with Crippen LogP contribution < -0.4 is 5.32 Å². The molecule has 0 aliphatic heterocycles. The number of aromatic nitrogens is 1. The molecule has 0 fully saturated rings. The highest BCUT2D eigenvalue weighted by Gasteiger charge is 2.23. The van der Waals surface area contributed by atoms with Gasteiger partial charge in [0.05, 0.1) is 11.9 Å². The zero-order valence-corrected chi connectivity index (χ0v) is 9.28. The van der Waals surface area contributed by atoms with Crippen LogP contribution in [0, 0.1) is 0 Å². The van der Waals surface area contributed by atoms with Crippen molar-refractivity contribution in [3.8, 4) is 0 Å². The molecule has 1 N–H and O–H groups in total. The summed E-state index contributed by atoms with van der Waals surface area (Å²) in [5.41, 5.74) is 0.484. The van der Waals surface area contributed by atoms with Crippen molar-refractivity contribution >= 4 is 21.4 Å². The zero-order chi connectivity index (χ0) is 11.5. The van der Waals surface area contributed by atoms with Crippen molar-refractivity contribution in [2.75, 3.05) is 11.6 Å². The largest absolute Gasteiger partial charge is 0.324 e. The Kier molecular flexibility index (Phi) is 3.41. The number of sulfone groups is 1. The van der Waals surface area contributed by atoms with Crippen molar-refractivity contribution in [2.45, 2.75) is 12.2 Å². The van der Waals surface area contributed by atoms with Gasteiger partial charge in [0.15, 0.2) is 9.84 Å². The average Bonchev–Trinajstić information content (AvgIpc) is 2.16. The standard InChI is InChI=1S/C9H12N2O3S/c1-7(15(2,13)14)9(12)11-8-4-3-5-10-6-8/h3-7H,1-2H3,(H,11,12). The van der Waals surface area contributed by atoms with Crippen LogP contribution in [0.1, 0.15) is 6.92 Å². The van der Waals surface area contributed by atoms with Crippen LogP contribution >= 0.6 is 0 Å². The number of hydrogen-bond donors (Lipinski definition) is 1. The minimum atomic E-state index is -3.35. The molecular weight excluding hydrogens is 216 g/mol. The molecule has 1 unspecified atom stereocenters. The Morgan fingerprint density at radius 1 is 1.53 bits per heavy atom. The van der Waals surface area contributed by atoms with Crippen molar-refractivity contribution < 1.29 is 13.2 Å². The van der Waals surface area contributed by atoms with Crippen molar-refractivity contribution in [2.24, 2.45) is 0 Å². The Hall–Kier alpha value is -1.43. The van der Waals surface area contributed by atoms with Gasteiger partial charge in [-0.2, -0.15) is 0 Å². The van der Waals surface area contributed by atoms with E-state index in [4.69, 9.17) is 0 Å². The molecule has 1 aromatic rings. The molecule has 5 nitrogen and oxygen atoms in total. The maximum absolute atomic E-state index is 11.4. The van der Waals surface area contributed by atoms with Gasteiger partial charge in [-0.3, -0.25) is 9.78 Å². The molecule has 0 aromatic carbocycles. The minimum absolute atomic E-state index is 0.484. The van der Waals surface area contributed by atoms with E-state index < -0.39 is 21.0 Å². The Balaban J connectivity index is 2.73. The number of amides is 1. The fourth-order valence-electron chi connectivity index (χ4n) is 0.875. The van der Waals surface area contributed by atoms with Crippen LogP contribution in [0.25, 0.3) is 0 Å². The van der Waals surface area contributed by atoms with E-state index in [0.717, 1.165) is 6.26 Å². The first-order chi connectivity index (χ1) is 6.91. The van der Waals surface area contributed by atoms with Crippen molar-refractivity contribution in [1.29, 1.82) is 0 Å². The second kappa shape index (κ2) is 4.39. The second-order valence-electron chi connectivity index (χ2n) is 3.20. The molecule has 0 saturated heterocycles. The van der Waals surface area contributed by atoms with Gasteiger partial charge in [0, 0.05) is 12.5 Å². The Morgan fingerprint density at radius 3 is 2.67 bits per heavy atom. The molecule has 0 saturated carbocycles. The molecule has 0 aliphatic carbocycles. The second-order valence-corrected chi connectivity index (χ2v) is 5.57. The first-order valence-corrected chi connectivity index (χ1v) is 6.26. The first-order valence-electron chi connectivity index (χ1n) is 4.31. The van der Waals surface area contributed by atoms with Crippen LogP contribution in [0.2, 0.25) is 0 Å². The number of carbonyl (C=O) groups excluding carboxylic acids is 1. The molecule has 1 amide bonds. The normalized spacial score (nSPS) is 13.2. The maximum Gasteiger partial charge on any atom is 0.242 e. The van der Waals surface area contributed by atoms with Gasteiger partial charge in [0.2, 0.25) is 5.91 Å². The van der Waals surface area contributed by atoms with Crippen LogP contribution in [-0.4, -0.2) is 30.8 Å². The highest BCUT2D eigenvalue weighted by Crippen LogP contribution is 2.06. The molecule has 1 rings (SSSR count). The van der Waals surface area contributed by atoms with Crippen molar-refractivity contribution in [3.63, 3.8) is 0 Å². The minimum Gasteiger partial charge on any atom is -0.324 e. The third-order valence-electron chi connectivity index (χ3n) is 1.94. The number of nitrogens with one attached hydrogen (secondary N) is 1. The molecule has 6 heteroatoms. The van der Waals surface area contributed by atoms with E-state index in [0.29, 0.717) is 5.69 Å². The van der Waals surface area contributed by atoms with Crippen LogP contribution in [0.15, 0.2) is 24.5 Å². The molecule has 1 aromatic heterocycles. The fourth-order valence-corrected chi connectivity index (χ4v) is 1.32. The lowest BCUT2D eigenvalue weighted by atomic mass is 10.4. The van der Waals surface area contributed by atoms with Crippen molar-refractivity contribution in [3.05, 3.63) is 24.5 Å². The smallest absolute Gasteiger partial charge is 0.242 e. The predicted octanol–water partition coefficient (Wildman–Crippen LogP) is 0.453. The van der Waals surface area contributed by atoms with Crippen LogP contribution in [0.5, 0.6) is 0 Å². The summed E-state index contributed by atoms with van der Waals surface area (Å²) in [5, 5.41) is 1.41. The summed E-state index contributed by atoms with van der Waals surface area (Å²) in [6.45, 7) is 1.35. The number of hydrogen-bond acceptors (Lipinski definition) is 4. The summed E-state index contributed by atoms with van der Waals surface area (Å²) in [7, 11) is -3.35. The van der Waals surface area contributed by atoms with E-state index in [1.807, 2.05) is 0 Å². The average molecular weight is 228 g/mol. The lowest BCUT2D eigenvalue weighted by Gasteiger charge is -2.09. The van der Waals surface area contributed by atoms with Crippen LogP contribution in [-0.2, 0) is 14.6 Å². The Labute approximate surface area is 88.4 Å². The maximum atomic E-state index is 11.4. The van der Waals surface area contributed by atoms with Gasteiger partial charge in [-0.25, -0.2) is 8.42 Å². The van der Waals surface area contributed by atoms with E-state index in [9.17, 15) is 13.2 Å². The van der Waals surface area contributed by atoms with E-state index in [1.54, 1.807) is 18.3 Å². The summed E-state index contributed by atoms with van der Waals surface area (Å²) in [6.07, 6.45) is 4.04. The molecular formula is C9H12N2O3S. The summed E-state index contributed by atoms with van der Waals surface area (Å²) >= 11 is 0. The van der Waals surface area contributed by atoms with E-state index in [1.165, 1.54) is 13.1 Å². The molecule has 82 valence electrons. The fraction of sp³-hybridized carbons (Fsp3) is 0.333. The lowest BCUT2D eigenvalue weighted by molar-refractivity contribution is -0.115. The third-order valence-corrected chi connectivity index (χ3v) is 3.44. The number of rotatable bonds is 3. The Bertz CT molecular complexity index is 442.